The summed E-state index contributed by atoms with van der Waals surface area (Å²) in [6.07, 6.45) is 1.14. The topological polar surface area (TPSA) is 59.0 Å². The van der Waals surface area contributed by atoms with Gasteiger partial charge in [0.1, 0.15) is 5.69 Å². The second-order valence-electron chi connectivity index (χ2n) is 4.36. The number of hydrogen-bond donors (Lipinski definition) is 2. The minimum absolute atomic E-state index is 0. The van der Waals surface area contributed by atoms with Gasteiger partial charge in [0.05, 0.1) is 0 Å². The van der Waals surface area contributed by atoms with Crippen LogP contribution in [0.1, 0.15) is 22.6 Å². The quantitative estimate of drug-likeness (QED) is 0.830. The fraction of sp³-hybridized carbons (Fsp3) is 0.636. The maximum absolute atomic E-state index is 11.8. The molecule has 1 aliphatic heterocycles. The Morgan fingerprint density at radius 3 is 3.00 bits per heavy atom. The Hall–Kier alpha value is -1.07. The summed E-state index contributed by atoms with van der Waals surface area (Å²) in [6, 6.07) is 1.81. The van der Waals surface area contributed by atoms with E-state index in [4.69, 9.17) is 0 Å². The lowest BCUT2D eigenvalue weighted by Crippen LogP contribution is -2.30. The van der Waals surface area contributed by atoms with Gasteiger partial charge in [0.15, 0.2) is 0 Å². The summed E-state index contributed by atoms with van der Waals surface area (Å²) in [7, 11) is 1.84. The fourth-order valence-electron chi connectivity index (χ4n) is 1.89. The number of rotatable bonds is 3. The molecule has 2 rings (SSSR count). The van der Waals surface area contributed by atoms with E-state index in [9.17, 15) is 4.79 Å². The number of carbonyl (C=O) groups is 1. The van der Waals surface area contributed by atoms with Gasteiger partial charge in [0.2, 0.25) is 0 Å². The van der Waals surface area contributed by atoms with Crippen LogP contribution in [0.5, 0.6) is 0 Å². The summed E-state index contributed by atoms with van der Waals surface area (Å²) in [6.45, 7) is 4.73. The Bertz CT molecular complexity index is 365. The Kier molecular flexibility index (Phi) is 4.96. The molecule has 1 saturated heterocycles. The van der Waals surface area contributed by atoms with Crippen LogP contribution < -0.4 is 10.6 Å². The molecule has 1 amide bonds. The summed E-state index contributed by atoms with van der Waals surface area (Å²) in [5.41, 5.74) is 1.50. The van der Waals surface area contributed by atoms with Gasteiger partial charge < -0.3 is 10.6 Å². The van der Waals surface area contributed by atoms with E-state index in [1.165, 1.54) is 0 Å². The minimum atomic E-state index is -0.0735. The van der Waals surface area contributed by atoms with Crippen LogP contribution in [0.15, 0.2) is 6.07 Å². The van der Waals surface area contributed by atoms with Crippen LogP contribution in [0.2, 0.25) is 0 Å². The Balaban J connectivity index is 0.00000144. The van der Waals surface area contributed by atoms with Crippen LogP contribution in [0, 0.1) is 12.8 Å². The first-order valence-electron chi connectivity index (χ1n) is 5.66. The average molecular weight is 259 g/mol. The lowest BCUT2D eigenvalue weighted by molar-refractivity contribution is 0.0942. The number of nitrogens with zero attached hydrogens (tertiary/aromatic N) is 2. The van der Waals surface area contributed by atoms with Gasteiger partial charge in [-0.25, -0.2) is 0 Å². The molecule has 0 saturated carbocycles. The van der Waals surface area contributed by atoms with Crippen LogP contribution >= 0.6 is 12.4 Å². The average Bonchev–Trinajstić information content (AvgIpc) is 2.86. The van der Waals surface area contributed by atoms with Crippen molar-refractivity contribution in [3.63, 3.8) is 0 Å². The summed E-state index contributed by atoms with van der Waals surface area (Å²) < 4.78 is 1.71. The first kappa shape index (κ1) is 14.0. The van der Waals surface area contributed by atoms with E-state index in [-0.39, 0.29) is 18.3 Å². The molecule has 1 fully saturated rings. The molecule has 6 heteroatoms. The van der Waals surface area contributed by atoms with Crippen molar-refractivity contribution in [2.75, 3.05) is 19.6 Å². The zero-order valence-corrected chi connectivity index (χ0v) is 11.0. The number of aryl methyl sites for hydroxylation is 2. The van der Waals surface area contributed by atoms with Gasteiger partial charge in [0, 0.05) is 19.3 Å². The van der Waals surface area contributed by atoms with Crippen molar-refractivity contribution >= 4 is 18.3 Å². The van der Waals surface area contributed by atoms with Crippen LogP contribution in [0.25, 0.3) is 0 Å². The predicted octanol–water partition coefficient (Wildman–Crippen LogP) is 0.490. The van der Waals surface area contributed by atoms with Crippen molar-refractivity contribution in [1.82, 2.24) is 20.4 Å². The number of amides is 1. The molecular weight excluding hydrogens is 240 g/mol. The molecule has 0 aromatic carbocycles. The SMILES string of the molecule is Cc1cc(C(=O)NCC2CCNC2)nn1C.Cl. The zero-order valence-electron chi connectivity index (χ0n) is 10.2. The van der Waals surface area contributed by atoms with Crippen molar-refractivity contribution in [3.8, 4) is 0 Å². The van der Waals surface area contributed by atoms with Gasteiger partial charge in [-0.15, -0.1) is 12.4 Å². The molecule has 1 unspecified atom stereocenters. The molecule has 2 heterocycles. The highest BCUT2D eigenvalue weighted by Crippen LogP contribution is 2.06. The smallest absolute Gasteiger partial charge is 0.271 e. The molecule has 1 aliphatic rings. The molecule has 0 radical (unpaired) electrons. The molecule has 0 bridgehead atoms. The summed E-state index contributed by atoms with van der Waals surface area (Å²) in [5, 5.41) is 10.3. The van der Waals surface area contributed by atoms with E-state index >= 15 is 0 Å². The molecule has 0 spiro atoms. The third-order valence-corrected chi connectivity index (χ3v) is 3.06. The number of nitrogens with one attached hydrogen (secondary N) is 2. The highest BCUT2D eigenvalue weighted by atomic mass is 35.5. The predicted molar refractivity (Wildman–Crippen MR) is 68.5 cm³/mol. The van der Waals surface area contributed by atoms with Crippen molar-refractivity contribution < 1.29 is 4.79 Å². The minimum Gasteiger partial charge on any atom is -0.350 e. The van der Waals surface area contributed by atoms with E-state index < -0.39 is 0 Å². The molecule has 17 heavy (non-hydrogen) atoms. The highest BCUT2D eigenvalue weighted by molar-refractivity contribution is 5.92. The monoisotopic (exact) mass is 258 g/mol. The van der Waals surface area contributed by atoms with Gasteiger partial charge in [-0.2, -0.15) is 5.10 Å². The number of aromatic nitrogens is 2. The summed E-state index contributed by atoms with van der Waals surface area (Å²) in [5.74, 6) is 0.490. The molecule has 5 nitrogen and oxygen atoms in total. The van der Waals surface area contributed by atoms with Gasteiger partial charge in [-0.1, -0.05) is 0 Å². The van der Waals surface area contributed by atoms with Crippen molar-refractivity contribution in [2.24, 2.45) is 13.0 Å². The number of halogens is 1. The molecule has 1 atom stereocenters. The molecule has 2 N–H and O–H groups in total. The second kappa shape index (κ2) is 6.02. The van der Waals surface area contributed by atoms with E-state index in [1.807, 2.05) is 20.0 Å². The third kappa shape index (κ3) is 3.44. The maximum atomic E-state index is 11.8. The van der Waals surface area contributed by atoms with Gasteiger partial charge in [-0.3, -0.25) is 9.48 Å². The molecule has 96 valence electrons. The van der Waals surface area contributed by atoms with Crippen LogP contribution in [-0.4, -0.2) is 35.3 Å². The van der Waals surface area contributed by atoms with Gasteiger partial charge >= 0.3 is 0 Å². The Labute approximate surface area is 107 Å². The van der Waals surface area contributed by atoms with Crippen LogP contribution in [0.4, 0.5) is 0 Å². The van der Waals surface area contributed by atoms with Crippen molar-refractivity contribution in [1.29, 1.82) is 0 Å². The van der Waals surface area contributed by atoms with Crippen molar-refractivity contribution in [2.45, 2.75) is 13.3 Å². The Morgan fingerprint density at radius 1 is 1.71 bits per heavy atom. The molecule has 0 aliphatic carbocycles. The van der Waals surface area contributed by atoms with Crippen molar-refractivity contribution in [3.05, 3.63) is 17.5 Å². The zero-order chi connectivity index (χ0) is 11.5. The van der Waals surface area contributed by atoms with Gasteiger partial charge in [0.25, 0.3) is 5.91 Å². The maximum Gasteiger partial charge on any atom is 0.271 e. The van der Waals surface area contributed by atoms with E-state index in [1.54, 1.807) is 4.68 Å². The first-order valence-corrected chi connectivity index (χ1v) is 5.66. The normalized spacial score (nSPS) is 18.8. The third-order valence-electron chi connectivity index (χ3n) is 3.06. The standard InChI is InChI=1S/C11H18N4O.ClH/c1-8-5-10(14-15(8)2)11(16)13-7-9-3-4-12-6-9;/h5,9,12H,3-4,6-7H2,1-2H3,(H,13,16);1H. The Morgan fingerprint density at radius 2 is 2.47 bits per heavy atom. The number of hydrogen-bond acceptors (Lipinski definition) is 3. The van der Waals surface area contributed by atoms with E-state index in [2.05, 4.69) is 15.7 Å². The van der Waals surface area contributed by atoms with E-state index in [0.29, 0.717) is 11.6 Å². The first-order chi connectivity index (χ1) is 7.66. The lowest BCUT2D eigenvalue weighted by atomic mass is 10.1. The molecular formula is C11H19ClN4O. The lowest BCUT2D eigenvalue weighted by Gasteiger charge is -2.08. The number of carbonyl (C=O) groups excluding carboxylic acids is 1. The fourth-order valence-corrected chi connectivity index (χ4v) is 1.89. The second-order valence-corrected chi connectivity index (χ2v) is 4.36. The van der Waals surface area contributed by atoms with E-state index in [0.717, 1.165) is 31.7 Å². The highest BCUT2D eigenvalue weighted by Gasteiger charge is 2.16. The summed E-state index contributed by atoms with van der Waals surface area (Å²) in [4.78, 5) is 11.8. The van der Waals surface area contributed by atoms with Gasteiger partial charge in [-0.05, 0) is 38.4 Å². The van der Waals surface area contributed by atoms with Crippen LogP contribution in [0.3, 0.4) is 0 Å². The summed E-state index contributed by atoms with van der Waals surface area (Å²) >= 11 is 0. The molecule has 1 aromatic rings. The molecule has 1 aromatic heterocycles. The largest absolute Gasteiger partial charge is 0.350 e. The van der Waals surface area contributed by atoms with Crippen LogP contribution in [-0.2, 0) is 7.05 Å².